The van der Waals surface area contributed by atoms with Crippen molar-refractivity contribution in [3.05, 3.63) is 35.5 Å². The molecule has 1 atom stereocenters. The summed E-state index contributed by atoms with van der Waals surface area (Å²) >= 11 is 6.00. The highest BCUT2D eigenvalue weighted by Gasteiger charge is 2.26. The van der Waals surface area contributed by atoms with Gasteiger partial charge < -0.3 is 20.2 Å². The van der Waals surface area contributed by atoms with Crippen LogP contribution in [0.25, 0.3) is 10.9 Å². The number of aromatic nitrogens is 1. The van der Waals surface area contributed by atoms with Crippen LogP contribution in [-0.2, 0) is 4.79 Å². The molecule has 7 heteroatoms. The maximum absolute atomic E-state index is 12.7. The zero-order valence-corrected chi connectivity index (χ0v) is 14.3. The van der Waals surface area contributed by atoms with E-state index in [2.05, 4.69) is 15.2 Å². The summed E-state index contributed by atoms with van der Waals surface area (Å²) in [6.07, 6.45) is 1.66. The van der Waals surface area contributed by atoms with Crippen molar-refractivity contribution < 1.29 is 9.90 Å². The van der Waals surface area contributed by atoms with Gasteiger partial charge in [0.15, 0.2) is 0 Å². The number of anilines is 1. The van der Waals surface area contributed by atoms with Crippen LogP contribution in [0.15, 0.2) is 30.5 Å². The molecule has 24 heavy (non-hydrogen) atoms. The molecule has 0 aliphatic carbocycles. The highest BCUT2D eigenvalue weighted by atomic mass is 35.5. The zero-order valence-electron chi connectivity index (χ0n) is 13.6. The van der Waals surface area contributed by atoms with Gasteiger partial charge in [0.1, 0.15) is 6.04 Å². The summed E-state index contributed by atoms with van der Waals surface area (Å²) in [6.45, 7) is 2.80. The van der Waals surface area contributed by atoms with Crippen LogP contribution in [0.2, 0.25) is 5.02 Å². The number of halogens is 1. The molecule has 1 aromatic carbocycles. The molecule has 0 bridgehead atoms. The standard InChI is InChI=1S/C17H21ClN4O2/c1-21-6-8-22(9-7-21)17(24)16(11-23)20-14-4-5-19-15-10-12(18)2-3-13(14)15/h2-5,10,16,23H,6-9,11H2,1H3,(H,19,20)/t16-/m0/s1. The van der Waals surface area contributed by atoms with Crippen molar-refractivity contribution in [3.63, 3.8) is 0 Å². The summed E-state index contributed by atoms with van der Waals surface area (Å²) in [4.78, 5) is 21.0. The third-order valence-corrected chi connectivity index (χ3v) is 4.57. The van der Waals surface area contributed by atoms with E-state index in [9.17, 15) is 9.90 Å². The second-order valence-electron chi connectivity index (χ2n) is 6.03. The smallest absolute Gasteiger partial charge is 0.247 e. The fraction of sp³-hybridized carbons (Fsp3) is 0.412. The Bertz CT molecular complexity index is 732. The average molecular weight is 349 g/mol. The first-order valence-corrected chi connectivity index (χ1v) is 8.35. The van der Waals surface area contributed by atoms with Crippen molar-refractivity contribution in [2.75, 3.05) is 45.2 Å². The Morgan fingerprint density at radius 1 is 1.33 bits per heavy atom. The summed E-state index contributed by atoms with van der Waals surface area (Å²) < 4.78 is 0. The van der Waals surface area contributed by atoms with Crippen LogP contribution in [-0.4, -0.2) is 71.7 Å². The molecule has 0 unspecified atom stereocenters. The Morgan fingerprint density at radius 3 is 2.79 bits per heavy atom. The molecule has 0 radical (unpaired) electrons. The van der Waals surface area contributed by atoms with Crippen LogP contribution in [0.3, 0.4) is 0 Å². The van der Waals surface area contributed by atoms with Gasteiger partial charge in [0.25, 0.3) is 0 Å². The molecule has 2 aromatic rings. The maximum atomic E-state index is 12.7. The quantitative estimate of drug-likeness (QED) is 0.875. The molecule has 128 valence electrons. The van der Waals surface area contributed by atoms with Crippen LogP contribution in [0.4, 0.5) is 5.69 Å². The average Bonchev–Trinajstić information content (AvgIpc) is 2.59. The van der Waals surface area contributed by atoms with Crippen molar-refractivity contribution >= 4 is 34.1 Å². The topological polar surface area (TPSA) is 68.7 Å². The van der Waals surface area contributed by atoms with Crippen LogP contribution in [0, 0.1) is 0 Å². The third-order valence-electron chi connectivity index (χ3n) is 4.33. The molecule has 6 nitrogen and oxygen atoms in total. The predicted octanol–water partition coefficient (Wildman–Crippen LogP) is 1.43. The molecule has 1 fully saturated rings. The van der Waals surface area contributed by atoms with E-state index in [0.717, 1.165) is 29.7 Å². The predicted molar refractivity (Wildman–Crippen MR) is 95.3 cm³/mol. The van der Waals surface area contributed by atoms with Gasteiger partial charge in [0, 0.05) is 48.5 Å². The maximum Gasteiger partial charge on any atom is 0.247 e. The number of rotatable bonds is 4. The molecule has 1 amide bonds. The van der Waals surface area contributed by atoms with Crippen molar-refractivity contribution in [2.45, 2.75) is 6.04 Å². The Kier molecular flexibility index (Phi) is 5.18. The summed E-state index contributed by atoms with van der Waals surface area (Å²) in [5.74, 6) is -0.0791. The fourth-order valence-corrected chi connectivity index (χ4v) is 3.03. The number of amides is 1. The molecule has 3 rings (SSSR count). The number of pyridine rings is 1. The van der Waals surface area contributed by atoms with E-state index < -0.39 is 6.04 Å². The van der Waals surface area contributed by atoms with Crippen LogP contribution < -0.4 is 5.32 Å². The van der Waals surface area contributed by atoms with Crippen LogP contribution in [0.1, 0.15) is 0 Å². The molecular formula is C17H21ClN4O2. The molecule has 2 N–H and O–H groups in total. The Hall–Kier alpha value is -1.89. The van der Waals surface area contributed by atoms with Gasteiger partial charge in [-0.1, -0.05) is 11.6 Å². The van der Waals surface area contributed by atoms with Crippen molar-refractivity contribution in [1.29, 1.82) is 0 Å². The summed E-state index contributed by atoms with van der Waals surface area (Å²) in [5.41, 5.74) is 1.51. The minimum Gasteiger partial charge on any atom is -0.394 e. The van der Waals surface area contributed by atoms with E-state index in [1.807, 2.05) is 13.1 Å². The first-order valence-electron chi connectivity index (χ1n) is 7.97. The largest absolute Gasteiger partial charge is 0.394 e. The fourth-order valence-electron chi connectivity index (χ4n) is 2.87. The van der Waals surface area contributed by atoms with Crippen molar-refractivity contribution in [1.82, 2.24) is 14.8 Å². The number of carbonyl (C=O) groups is 1. The number of fused-ring (bicyclic) bond motifs is 1. The number of aliphatic hydroxyl groups excluding tert-OH is 1. The summed E-state index contributed by atoms with van der Waals surface area (Å²) in [6, 6.07) is 6.55. The van der Waals surface area contributed by atoms with Crippen LogP contribution >= 0.6 is 11.6 Å². The lowest BCUT2D eigenvalue weighted by Gasteiger charge is -2.34. The van der Waals surface area contributed by atoms with Gasteiger partial charge in [-0.15, -0.1) is 0 Å². The SMILES string of the molecule is CN1CCN(C(=O)[C@H](CO)Nc2ccnc3cc(Cl)ccc23)CC1. The van der Waals surface area contributed by atoms with E-state index in [1.54, 1.807) is 29.3 Å². The first-order chi connectivity index (χ1) is 11.6. The number of hydrogen-bond donors (Lipinski definition) is 2. The van der Waals surface area contributed by atoms with Gasteiger partial charge in [-0.2, -0.15) is 0 Å². The van der Waals surface area contributed by atoms with Gasteiger partial charge in [-0.25, -0.2) is 0 Å². The minimum atomic E-state index is -0.672. The van der Waals surface area contributed by atoms with Gasteiger partial charge in [-0.05, 0) is 31.3 Å². The number of piperazine rings is 1. The normalized spacial score (nSPS) is 17.0. The molecule has 0 spiro atoms. The van der Waals surface area contributed by atoms with E-state index in [1.165, 1.54) is 0 Å². The number of benzene rings is 1. The first kappa shape index (κ1) is 17.0. The highest BCUT2D eigenvalue weighted by molar-refractivity contribution is 6.31. The van der Waals surface area contributed by atoms with E-state index in [0.29, 0.717) is 18.1 Å². The monoisotopic (exact) mass is 348 g/mol. The van der Waals surface area contributed by atoms with Gasteiger partial charge in [0.05, 0.1) is 12.1 Å². The lowest BCUT2D eigenvalue weighted by atomic mass is 10.1. The molecule has 2 heterocycles. The number of hydrogen-bond acceptors (Lipinski definition) is 5. The number of carbonyl (C=O) groups excluding carboxylic acids is 1. The highest BCUT2D eigenvalue weighted by Crippen LogP contribution is 2.25. The summed E-state index contributed by atoms with van der Waals surface area (Å²) in [5, 5.41) is 14.3. The molecule has 1 aliphatic rings. The van der Waals surface area contributed by atoms with Gasteiger partial charge in [0.2, 0.25) is 5.91 Å². The Labute approximate surface area is 146 Å². The molecule has 0 saturated carbocycles. The van der Waals surface area contributed by atoms with E-state index in [4.69, 9.17) is 11.6 Å². The second-order valence-corrected chi connectivity index (χ2v) is 6.46. The van der Waals surface area contributed by atoms with Gasteiger partial charge >= 0.3 is 0 Å². The molecule has 1 aliphatic heterocycles. The van der Waals surface area contributed by atoms with Crippen molar-refractivity contribution in [3.8, 4) is 0 Å². The van der Waals surface area contributed by atoms with E-state index in [-0.39, 0.29) is 12.5 Å². The second kappa shape index (κ2) is 7.34. The molecule has 1 saturated heterocycles. The summed E-state index contributed by atoms with van der Waals surface area (Å²) in [7, 11) is 2.04. The van der Waals surface area contributed by atoms with Crippen LogP contribution in [0.5, 0.6) is 0 Å². The number of aliphatic hydroxyl groups is 1. The van der Waals surface area contributed by atoms with E-state index >= 15 is 0 Å². The minimum absolute atomic E-state index is 0.0791. The number of likely N-dealkylation sites (N-methyl/N-ethyl adjacent to an activating group) is 1. The number of nitrogens with zero attached hydrogens (tertiary/aromatic N) is 3. The molecule has 1 aromatic heterocycles. The van der Waals surface area contributed by atoms with Gasteiger partial charge in [-0.3, -0.25) is 9.78 Å². The molecular weight excluding hydrogens is 328 g/mol. The number of nitrogens with one attached hydrogen (secondary N) is 1. The third kappa shape index (κ3) is 3.61. The zero-order chi connectivity index (χ0) is 17.1. The lowest BCUT2D eigenvalue weighted by Crippen LogP contribution is -2.52. The van der Waals surface area contributed by atoms with Crippen molar-refractivity contribution in [2.24, 2.45) is 0 Å². The Balaban J connectivity index is 1.79. The lowest BCUT2D eigenvalue weighted by molar-refractivity contribution is -0.134. The Morgan fingerprint density at radius 2 is 2.08 bits per heavy atom.